The summed E-state index contributed by atoms with van der Waals surface area (Å²) in [6.07, 6.45) is -1.77. The first kappa shape index (κ1) is 27.0. The van der Waals surface area contributed by atoms with Gasteiger partial charge in [-0.05, 0) is 13.3 Å². The molecule has 0 rings (SSSR count). The van der Waals surface area contributed by atoms with Gasteiger partial charge in [-0.1, -0.05) is 0 Å². The fourth-order valence-electron chi connectivity index (χ4n) is 2.03. The number of aliphatic hydroxyl groups is 1. The van der Waals surface area contributed by atoms with E-state index in [1.807, 2.05) is 0 Å². The van der Waals surface area contributed by atoms with Crippen molar-refractivity contribution in [1.82, 2.24) is 16.0 Å². The Morgan fingerprint density at radius 1 is 0.931 bits per heavy atom. The summed E-state index contributed by atoms with van der Waals surface area (Å²) in [6, 6.07) is -5.12. The van der Waals surface area contributed by atoms with Crippen LogP contribution in [-0.2, 0) is 24.0 Å². The summed E-state index contributed by atoms with van der Waals surface area (Å²) in [5.74, 6) is -4.82. The van der Waals surface area contributed by atoms with Gasteiger partial charge < -0.3 is 37.6 Å². The number of nitrogens with two attached hydrogens (primary N) is 2. The maximum Gasteiger partial charge on any atom is 0.328 e. The molecule has 0 aromatic carbocycles. The lowest BCUT2D eigenvalue weighted by Crippen LogP contribution is -2.59. The average Bonchev–Trinajstić information content (AvgIpc) is 2.65. The van der Waals surface area contributed by atoms with Crippen molar-refractivity contribution in [3.8, 4) is 0 Å². The van der Waals surface area contributed by atoms with E-state index in [-0.39, 0.29) is 24.3 Å². The van der Waals surface area contributed by atoms with Gasteiger partial charge in [0.2, 0.25) is 23.6 Å². The van der Waals surface area contributed by atoms with Crippen molar-refractivity contribution < 1.29 is 34.2 Å². The van der Waals surface area contributed by atoms with Gasteiger partial charge in [-0.2, -0.15) is 25.3 Å². The molecule has 0 aromatic heterocycles. The van der Waals surface area contributed by atoms with Crippen LogP contribution in [0.4, 0.5) is 0 Å². The first-order chi connectivity index (χ1) is 13.4. The molecule has 4 amide bonds. The van der Waals surface area contributed by atoms with Crippen LogP contribution >= 0.6 is 25.3 Å². The second-order valence-electron chi connectivity index (χ2n) is 6.16. The van der Waals surface area contributed by atoms with Crippen LogP contribution in [0.1, 0.15) is 19.8 Å². The summed E-state index contributed by atoms with van der Waals surface area (Å²) < 4.78 is 0. The Bertz CT molecular complexity index is 620. The van der Waals surface area contributed by atoms with Crippen LogP contribution in [-0.4, -0.2) is 81.6 Å². The Hall–Kier alpha value is -2.03. The molecule has 0 aliphatic heterocycles. The molecule has 0 aliphatic rings. The summed E-state index contributed by atoms with van der Waals surface area (Å²) in [7, 11) is 0. The van der Waals surface area contributed by atoms with Gasteiger partial charge >= 0.3 is 5.97 Å². The minimum atomic E-state index is -1.60. The van der Waals surface area contributed by atoms with E-state index in [0.717, 1.165) is 0 Å². The summed E-state index contributed by atoms with van der Waals surface area (Å²) in [6.45, 7) is 1.17. The zero-order chi connectivity index (χ0) is 22.7. The van der Waals surface area contributed by atoms with Crippen molar-refractivity contribution >= 4 is 54.9 Å². The highest BCUT2D eigenvalue weighted by molar-refractivity contribution is 7.80. The van der Waals surface area contributed by atoms with Gasteiger partial charge in [0.25, 0.3) is 0 Å². The van der Waals surface area contributed by atoms with E-state index in [0.29, 0.717) is 0 Å². The molecule has 0 radical (unpaired) electrons. The van der Waals surface area contributed by atoms with Crippen molar-refractivity contribution in [3.63, 3.8) is 0 Å². The van der Waals surface area contributed by atoms with Crippen LogP contribution < -0.4 is 27.4 Å². The van der Waals surface area contributed by atoms with Gasteiger partial charge in [-0.25, -0.2) is 4.79 Å². The normalized spacial score (nSPS) is 15.9. The number of thiol groups is 2. The fraction of sp³-hybridized carbons (Fsp3) is 0.667. The molecular weight excluding hydrogens is 426 g/mol. The number of carboxylic acids is 1. The van der Waals surface area contributed by atoms with Crippen LogP contribution in [0.2, 0.25) is 0 Å². The summed E-state index contributed by atoms with van der Waals surface area (Å²) in [5, 5.41) is 25.2. The van der Waals surface area contributed by atoms with Crippen LogP contribution in [0.15, 0.2) is 0 Å². The Labute approximate surface area is 178 Å². The Kier molecular flexibility index (Phi) is 12.3. The van der Waals surface area contributed by atoms with Gasteiger partial charge in [-0.15, -0.1) is 0 Å². The minimum absolute atomic E-state index is 0.00752. The molecule has 0 aromatic rings. The number of aliphatic carboxylic acids is 1. The predicted molar refractivity (Wildman–Crippen MR) is 109 cm³/mol. The second kappa shape index (κ2) is 13.2. The molecule has 5 unspecified atom stereocenters. The Morgan fingerprint density at radius 3 is 1.86 bits per heavy atom. The molecule has 9 N–H and O–H groups in total. The molecule has 166 valence electrons. The van der Waals surface area contributed by atoms with Crippen molar-refractivity contribution in [1.29, 1.82) is 0 Å². The number of primary amides is 1. The van der Waals surface area contributed by atoms with Crippen LogP contribution in [0.3, 0.4) is 0 Å². The molecule has 0 bridgehead atoms. The van der Waals surface area contributed by atoms with Crippen molar-refractivity contribution in [2.75, 3.05) is 11.5 Å². The number of aliphatic hydroxyl groups excluding tert-OH is 1. The third kappa shape index (κ3) is 9.83. The third-order valence-electron chi connectivity index (χ3n) is 3.71. The maximum atomic E-state index is 12.5. The molecule has 0 saturated heterocycles. The molecule has 14 heteroatoms. The van der Waals surface area contributed by atoms with E-state index in [1.54, 1.807) is 0 Å². The molecule has 0 aliphatic carbocycles. The number of carboxylic acid groups (broad SMARTS) is 1. The van der Waals surface area contributed by atoms with E-state index in [9.17, 15) is 29.1 Å². The van der Waals surface area contributed by atoms with E-state index >= 15 is 0 Å². The number of nitrogens with one attached hydrogen (secondary N) is 3. The lowest BCUT2D eigenvalue weighted by atomic mass is 10.1. The van der Waals surface area contributed by atoms with Gasteiger partial charge in [0.15, 0.2) is 6.04 Å². The maximum absolute atomic E-state index is 12.5. The average molecular weight is 454 g/mol. The lowest BCUT2D eigenvalue weighted by Gasteiger charge is -2.24. The zero-order valence-electron chi connectivity index (χ0n) is 15.7. The molecule has 0 heterocycles. The molecule has 29 heavy (non-hydrogen) atoms. The SMILES string of the molecule is CC(O)C(NC(=O)C(CS)NC(=O)C(CCC(N)=O)NC(=O)C(N)CS)C(=O)O. The summed E-state index contributed by atoms with van der Waals surface area (Å²) in [5.41, 5.74) is 10.6. The van der Waals surface area contributed by atoms with Crippen molar-refractivity contribution in [2.24, 2.45) is 11.5 Å². The Morgan fingerprint density at radius 2 is 1.45 bits per heavy atom. The predicted octanol–water partition coefficient (Wildman–Crippen LogP) is -3.64. The van der Waals surface area contributed by atoms with Gasteiger partial charge in [0.1, 0.15) is 12.1 Å². The van der Waals surface area contributed by atoms with Crippen LogP contribution in [0.25, 0.3) is 0 Å². The van der Waals surface area contributed by atoms with E-state index in [4.69, 9.17) is 16.6 Å². The molecule has 5 atom stereocenters. The lowest BCUT2D eigenvalue weighted by molar-refractivity contribution is -0.145. The topological polar surface area (TPSA) is 214 Å². The zero-order valence-corrected chi connectivity index (χ0v) is 17.5. The smallest absolute Gasteiger partial charge is 0.328 e. The second-order valence-corrected chi connectivity index (χ2v) is 6.89. The number of amides is 4. The minimum Gasteiger partial charge on any atom is -0.480 e. The van der Waals surface area contributed by atoms with E-state index in [2.05, 4.69) is 41.2 Å². The van der Waals surface area contributed by atoms with Crippen LogP contribution in [0.5, 0.6) is 0 Å². The van der Waals surface area contributed by atoms with Gasteiger partial charge in [0.05, 0.1) is 12.1 Å². The molecule has 0 fully saturated rings. The number of hydrogen-bond acceptors (Lipinski definition) is 9. The first-order valence-electron chi connectivity index (χ1n) is 8.52. The summed E-state index contributed by atoms with van der Waals surface area (Å²) in [4.78, 5) is 58.8. The first-order valence-corrected chi connectivity index (χ1v) is 9.78. The highest BCUT2D eigenvalue weighted by Gasteiger charge is 2.31. The summed E-state index contributed by atoms with van der Waals surface area (Å²) >= 11 is 7.83. The largest absolute Gasteiger partial charge is 0.480 e. The van der Waals surface area contributed by atoms with Crippen molar-refractivity contribution in [3.05, 3.63) is 0 Å². The fourth-order valence-corrected chi connectivity index (χ4v) is 2.45. The van der Waals surface area contributed by atoms with Crippen molar-refractivity contribution in [2.45, 2.75) is 50.0 Å². The molecule has 12 nitrogen and oxygen atoms in total. The van der Waals surface area contributed by atoms with Gasteiger partial charge in [0, 0.05) is 17.9 Å². The number of carbonyl (C=O) groups is 5. The number of carbonyl (C=O) groups excluding carboxylic acids is 4. The third-order valence-corrected chi connectivity index (χ3v) is 4.47. The van der Waals surface area contributed by atoms with E-state index < -0.39 is 59.9 Å². The Balaban J connectivity index is 5.24. The quantitative estimate of drug-likeness (QED) is 0.126. The number of hydrogen-bond donors (Lipinski definition) is 9. The standard InChI is InChI=1S/C15H27N5O7S2/c1-6(21)11(15(26)27)20-14(25)9(5-29)19-13(24)8(2-3-10(17)22)18-12(23)7(16)4-28/h6-9,11,21,28-29H,2-5,16H2,1H3,(H2,17,22)(H,18,23)(H,19,24)(H,20,25)(H,26,27). The number of rotatable bonds is 13. The van der Waals surface area contributed by atoms with Crippen LogP contribution in [0, 0.1) is 0 Å². The highest BCUT2D eigenvalue weighted by Crippen LogP contribution is 2.02. The molecular formula is C15H27N5O7S2. The monoisotopic (exact) mass is 453 g/mol. The molecule has 0 spiro atoms. The highest BCUT2D eigenvalue weighted by atomic mass is 32.1. The van der Waals surface area contributed by atoms with Gasteiger partial charge in [-0.3, -0.25) is 19.2 Å². The van der Waals surface area contributed by atoms with E-state index in [1.165, 1.54) is 6.92 Å². The molecule has 0 saturated carbocycles.